The van der Waals surface area contributed by atoms with Crippen LogP contribution in [0.4, 0.5) is 0 Å². The number of nitrogens with one attached hydrogen (secondary N) is 1. The third kappa shape index (κ3) is 4.47. The first-order valence-corrected chi connectivity index (χ1v) is 10.7. The lowest BCUT2D eigenvalue weighted by molar-refractivity contribution is -0.118. The summed E-state index contributed by atoms with van der Waals surface area (Å²) in [7, 11) is 0. The zero-order valence-corrected chi connectivity index (χ0v) is 15.9. The van der Waals surface area contributed by atoms with Crippen LogP contribution in [0.3, 0.4) is 0 Å². The highest BCUT2D eigenvalue weighted by atomic mass is 32.2. The summed E-state index contributed by atoms with van der Waals surface area (Å²) in [6.07, 6.45) is 8.82. The summed E-state index contributed by atoms with van der Waals surface area (Å²) >= 11 is 1.43. The highest BCUT2D eigenvalue weighted by molar-refractivity contribution is 7.99. The summed E-state index contributed by atoms with van der Waals surface area (Å²) in [6.45, 7) is 0.818. The first-order chi connectivity index (χ1) is 12.8. The van der Waals surface area contributed by atoms with Crippen molar-refractivity contribution >= 4 is 17.7 Å². The van der Waals surface area contributed by atoms with E-state index in [-0.39, 0.29) is 5.91 Å². The van der Waals surface area contributed by atoms with E-state index in [2.05, 4.69) is 10.4 Å². The number of hydrogen-bond acceptors (Lipinski definition) is 4. The van der Waals surface area contributed by atoms with Crippen molar-refractivity contribution < 1.29 is 4.79 Å². The van der Waals surface area contributed by atoms with Crippen LogP contribution in [-0.2, 0) is 4.79 Å². The summed E-state index contributed by atoms with van der Waals surface area (Å²) in [5.74, 6) is 2.67. The topological polar surface area (TPSA) is 59.8 Å². The van der Waals surface area contributed by atoms with Gasteiger partial charge in [0.05, 0.1) is 11.4 Å². The number of para-hydroxylation sites is 1. The lowest BCUT2D eigenvalue weighted by Crippen LogP contribution is -2.31. The Bertz CT molecular complexity index is 736. The van der Waals surface area contributed by atoms with Gasteiger partial charge in [-0.15, -0.1) is 5.10 Å². The van der Waals surface area contributed by atoms with E-state index in [0.29, 0.717) is 22.7 Å². The Balaban J connectivity index is 1.34. The number of aromatic nitrogens is 3. The van der Waals surface area contributed by atoms with E-state index in [9.17, 15) is 4.79 Å². The second-order valence-electron chi connectivity index (χ2n) is 7.37. The molecule has 2 aromatic rings. The van der Waals surface area contributed by atoms with Crippen molar-refractivity contribution in [3.63, 3.8) is 0 Å². The van der Waals surface area contributed by atoms with Gasteiger partial charge < -0.3 is 5.32 Å². The van der Waals surface area contributed by atoms with E-state index in [0.717, 1.165) is 18.1 Å². The molecule has 0 bridgehead atoms. The predicted octanol–water partition coefficient (Wildman–Crippen LogP) is 3.93. The molecule has 0 saturated heterocycles. The second kappa shape index (κ2) is 8.25. The molecule has 0 unspecified atom stereocenters. The van der Waals surface area contributed by atoms with Gasteiger partial charge in [0, 0.05) is 12.5 Å². The van der Waals surface area contributed by atoms with Gasteiger partial charge in [-0.25, -0.2) is 9.67 Å². The van der Waals surface area contributed by atoms with E-state index in [4.69, 9.17) is 4.98 Å². The molecule has 2 saturated carbocycles. The summed E-state index contributed by atoms with van der Waals surface area (Å²) in [5, 5.41) is 8.44. The maximum atomic E-state index is 12.2. The Kier molecular flexibility index (Phi) is 5.58. The van der Waals surface area contributed by atoms with Crippen molar-refractivity contribution in [2.75, 3.05) is 12.3 Å². The molecule has 26 heavy (non-hydrogen) atoms. The van der Waals surface area contributed by atoms with Gasteiger partial charge in [0.2, 0.25) is 11.1 Å². The quantitative estimate of drug-likeness (QED) is 0.750. The highest BCUT2D eigenvalue weighted by Gasteiger charge is 2.30. The zero-order valence-electron chi connectivity index (χ0n) is 15.1. The van der Waals surface area contributed by atoms with Crippen LogP contribution in [0.2, 0.25) is 0 Å². The van der Waals surface area contributed by atoms with Crippen LogP contribution in [0.15, 0.2) is 35.5 Å². The normalized spacial score (nSPS) is 18.0. The van der Waals surface area contributed by atoms with Gasteiger partial charge in [-0.05, 0) is 43.7 Å². The number of carbonyl (C=O) groups is 1. The fraction of sp³-hybridized carbons (Fsp3) is 0.550. The first kappa shape index (κ1) is 17.6. The summed E-state index contributed by atoms with van der Waals surface area (Å²) < 4.78 is 1.94. The number of thioether (sulfide) groups is 1. The monoisotopic (exact) mass is 370 g/mol. The standard InChI is InChI=1S/C20H26N4OS/c25-18(21-13-15-7-3-1-4-8-15)14-26-20-22-19(16-11-12-16)24(23-20)17-9-5-2-6-10-17/h2,5-6,9-10,15-16H,1,3-4,7-8,11-14H2,(H,21,25). The molecule has 1 heterocycles. The van der Waals surface area contributed by atoms with Gasteiger partial charge in [-0.3, -0.25) is 4.79 Å². The van der Waals surface area contributed by atoms with Gasteiger partial charge in [-0.2, -0.15) is 0 Å². The maximum absolute atomic E-state index is 12.2. The fourth-order valence-electron chi connectivity index (χ4n) is 3.56. The van der Waals surface area contributed by atoms with Gasteiger partial charge in [0.15, 0.2) is 0 Å². The molecule has 4 rings (SSSR count). The molecule has 0 spiro atoms. The third-order valence-electron chi connectivity index (χ3n) is 5.20. The molecule has 0 atom stereocenters. The Labute approximate surface area is 159 Å². The smallest absolute Gasteiger partial charge is 0.230 e. The Morgan fingerprint density at radius 1 is 1.12 bits per heavy atom. The number of rotatable bonds is 7. The first-order valence-electron chi connectivity index (χ1n) is 9.71. The van der Waals surface area contributed by atoms with Crippen LogP contribution >= 0.6 is 11.8 Å². The van der Waals surface area contributed by atoms with Crippen molar-refractivity contribution in [2.24, 2.45) is 5.92 Å². The molecule has 2 aliphatic rings. The Morgan fingerprint density at radius 2 is 1.88 bits per heavy atom. The number of nitrogens with zero attached hydrogens (tertiary/aromatic N) is 3. The molecule has 2 aliphatic carbocycles. The van der Waals surface area contributed by atoms with Gasteiger partial charge in [-0.1, -0.05) is 49.2 Å². The van der Waals surface area contributed by atoms with Crippen molar-refractivity contribution in [1.29, 1.82) is 0 Å². The average molecular weight is 371 g/mol. The largest absolute Gasteiger partial charge is 0.355 e. The SMILES string of the molecule is O=C(CSc1nc(C2CC2)n(-c2ccccc2)n1)NCC1CCCCC1. The summed E-state index contributed by atoms with van der Waals surface area (Å²) in [6, 6.07) is 10.1. The summed E-state index contributed by atoms with van der Waals surface area (Å²) in [4.78, 5) is 16.9. The Hall–Kier alpha value is -1.82. The average Bonchev–Trinajstić information content (AvgIpc) is 3.45. The molecule has 0 aliphatic heterocycles. The molecular formula is C20H26N4OS. The van der Waals surface area contributed by atoms with Crippen molar-refractivity contribution in [1.82, 2.24) is 20.1 Å². The minimum atomic E-state index is 0.0876. The number of amides is 1. The van der Waals surface area contributed by atoms with E-state index < -0.39 is 0 Å². The molecule has 138 valence electrons. The van der Waals surface area contributed by atoms with E-state index in [1.807, 2.05) is 35.0 Å². The van der Waals surface area contributed by atoms with Crippen molar-refractivity contribution in [3.05, 3.63) is 36.2 Å². The molecule has 0 radical (unpaired) electrons. The van der Waals surface area contributed by atoms with E-state index >= 15 is 0 Å². The highest BCUT2D eigenvalue weighted by Crippen LogP contribution is 2.40. The van der Waals surface area contributed by atoms with Crippen molar-refractivity contribution in [2.45, 2.75) is 56.0 Å². The van der Waals surface area contributed by atoms with Crippen LogP contribution < -0.4 is 5.32 Å². The van der Waals surface area contributed by atoms with Crippen LogP contribution in [0, 0.1) is 5.92 Å². The zero-order chi connectivity index (χ0) is 17.8. The van der Waals surface area contributed by atoms with E-state index in [1.165, 1.54) is 56.7 Å². The summed E-state index contributed by atoms with van der Waals surface area (Å²) in [5.41, 5.74) is 1.04. The van der Waals surface area contributed by atoms with Gasteiger partial charge in [0.25, 0.3) is 0 Å². The predicted molar refractivity (Wildman–Crippen MR) is 104 cm³/mol. The lowest BCUT2D eigenvalue weighted by Gasteiger charge is -2.21. The minimum Gasteiger partial charge on any atom is -0.355 e. The fourth-order valence-corrected chi connectivity index (χ4v) is 4.22. The third-order valence-corrected chi connectivity index (χ3v) is 6.04. The number of hydrogen-bond donors (Lipinski definition) is 1. The van der Waals surface area contributed by atoms with Gasteiger partial charge in [0.1, 0.15) is 5.82 Å². The van der Waals surface area contributed by atoms with Crippen LogP contribution in [-0.4, -0.2) is 33.0 Å². The van der Waals surface area contributed by atoms with Crippen LogP contribution in [0.1, 0.15) is 56.7 Å². The van der Waals surface area contributed by atoms with Crippen LogP contribution in [0.5, 0.6) is 0 Å². The van der Waals surface area contributed by atoms with Crippen LogP contribution in [0.25, 0.3) is 5.69 Å². The van der Waals surface area contributed by atoms with Crippen molar-refractivity contribution in [3.8, 4) is 5.69 Å². The molecule has 2 fully saturated rings. The number of benzene rings is 1. The second-order valence-corrected chi connectivity index (χ2v) is 8.31. The molecule has 1 amide bonds. The Morgan fingerprint density at radius 3 is 2.62 bits per heavy atom. The molecule has 1 N–H and O–H groups in total. The van der Waals surface area contributed by atoms with E-state index in [1.54, 1.807) is 0 Å². The molecule has 1 aromatic heterocycles. The lowest BCUT2D eigenvalue weighted by atomic mass is 9.89. The maximum Gasteiger partial charge on any atom is 0.230 e. The molecule has 5 nitrogen and oxygen atoms in total. The molecule has 6 heteroatoms. The number of carbonyl (C=O) groups excluding carboxylic acids is 1. The van der Waals surface area contributed by atoms with Gasteiger partial charge >= 0.3 is 0 Å². The minimum absolute atomic E-state index is 0.0876. The molecular weight excluding hydrogens is 344 g/mol. The molecule has 1 aromatic carbocycles.